The van der Waals surface area contributed by atoms with Gasteiger partial charge in [0.25, 0.3) is 0 Å². The molecule has 0 aromatic heterocycles. The third-order valence-corrected chi connectivity index (χ3v) is 4.79. The molecule has 2 fully saturated rings. The fraction of sp³-hybridized carbons (Fsp3) is 0.588. The summed E-state index contributed by atoms with van der Waals surface area (Å²) < 4.78 is 13.3. The van der Waals surface area contributed by atoms with E-state index in [1.165, 1.54) is 12.1 Å². The lowest BCUT2D eigenvalue weighted by molar-refractivity contribution is -0.137. The Morgan fingerprint density at radius 2 is 2.10 bits per heavy atom. The number of carbonyl (C=O) groups excluding carboxylic acids is 1. The zero-order chi connectivity index (χ0) is 14.8. The van der Waals surface area contributed by atoms with Crippen LogP contribution in [0.2, 0.25) is 0 Å². The minimum absolute atomic E-state index is 0.0733. The molecule has 4 heteroatoms. The molecule has 0 saturated heterocycles. The van der Waals surface area contributed by atoms with Crippen molar-refractivity contribution >= 4 is 5.91 Å². The van der Waals surface area contributed by atoms with Gasteiger partial charge in [-0.05, 0) is 55.8 Å². The molecule has 1 aromatic carbocycles. The molecule has 2 atom stereocenters. The number of amides is 1. The predicted molar refractivity (Wildman–Crippen MR) is 79.9 cm³/mol. The SMILES string of the molecule is NC[C@H]1CCC[C@H]1C(=O)N(Cc1cccc(F)c1)C1CC1. The fourth-order valence-corrected chi connectivity index (χ4v) is 3.46. The van der Waals surface area contributed by atoms with Crippen molar-refractivity contribution in [3.8, 4) is 0 Å². The minimum Gasteiger partial charge on any atom is -0.335 e. The molecule has 2 saturated carbocycles. The molecule has 21 heavy (non-hydrogen) atoms. The normalized spacial score (nSPS) is 25.0. The van der Waals surface area contributed by atoms with Gasteiger partial charge in [0.15, 0.2) is 0 Å². The fourth-order valence-electron chi connectivity index (χ4n) is 3.46. The van der Waals surface area contributed by atoms with Gasteiger partial charge in [0.2, 0.25) is 5.91 Å². The van der Waals surface area contributed by atoms with Crippen molar-refractivity contribution in [1.82, 2.24) is 4.90 Å². The van der Waals surface area contributed by atoms with E-state index in [4.69, 9.17) is 5.73 Å². The van der Waals surface area contributed by atoms with Crippen LogP contribution in [0.3, 0.4) is 0 Å². The molecular formula is C17H23FN2O. The molecular weight excluding hydrogens is 267 g/mol. The summed E-state index contributed by atoms with van der Waals surface area (Å²) in [7, 11) is 0. The highest BCUT2D eigenvalue weighted by Gasteiger charge is 2.40. The van der Waals surface area contributed by atoms with E-state index >= 15 is 0 Å². The maximum absolute atomic E-state index is 13.3. The van der Waals surface area contributed by atoms with E-state index < -0.39 is 0 Å². The van der Waals surface area contributed by atoms with Crippen LogP contribution in [-0.2, 0) is 11.3 Å². The quantitative estimate of drug-likeness (QED) is 0.906. The molecule has 0 bridgehead atoms. The Hall–Kier alpha value is -1.42. The largest absolute Gasteiger partial charge is 0.335 e. The van der Waals surface area contributed by atoms with Gasteiger partial charge in [0.1, 0.15) is 5.82 Å². The number of rotatable bonds is 5. The van der Waals surface area contributed by atoms with Crippen molar-refractivity contribution in [2.24, 2.45) is 17.6 Å². The summed E-state index contributed by atoms with van der Waals surface area (Å²) in [6.45, 7) is 1.12. The van der Waals surface area contributed by atoms with E-state index in [9.17, 15) is 9.18 Å². The van der Waals surface area contributed by atoms with Crippen LogP contribution >= 0.6 is 0 Å². The van der Waals surface area contributed by atoms with E-state index in [1.807, 2.05) is 11.0 Å². The topological polar surface area (TPSA) is 46.3 Å². The second-order valence-corrected chi connectivity index (χ2v) is 6.36. The van der Waals surface area contributed by atoms with E-state index in [1.54, 1.807) is 6.07 Å². The van der Waals surface area contributed by atoms with Crippen molar-refractivity contribution < 1.29 is 9.18 Å². The van der Waals surface area contributed by atoms with Gasteiger partial charge in [0.05, 0.1) is 0 Å². The molecule has 0 unspecified atom stereocenters. The minimum atomic E-state index is -0.239. The highest BCUT2D eigenvalue weighted by molar-refractivity contribution is 5.80. The Kier molecular flexibility index (Phi) is 4.24. The van der Waals surface area contributed by atoms with Crippen LogP contribution < -0.4 is 5.73 Å². The first kappa shape index (κ1) is 14.5. The Morgan fingerprint density at radius 1 is 1.29 bits per heavy atom. The summed E-state index contributed by atoms with van der Waals surface area (Å²) in [5.41, 5.74) is 6.68. The number of carbonyl (C=O) groups is 1. The first-order chi connectivity index (χ1) is 10.2. The van der Waals surface area contributed by atoms with Crippen LogP contribution in [0.1, 0.15) is 37.7 Å². The number of nitrogens with zero attached hydrogens (tertiary/aromatic N) is 1. The maximum atomic E-state index is 13.3. The maximum Gasteiger partial charge on any atom is 0.226 e. The molecule has 0 heterocycles. The van der Waals surface area contributed by atoms with Gasteiger partial charge in [-0.25, -0.2) is 4.39 Å². The summed E-state index contributed by atoms with van der Waals surface area (Å²) in [6, 6.07) is 6.91. The molecule has 0 radical (unpaired) electrons. The van der Waals surface area contributed by atoms with Crippen LogP contribution in [0, 0.1) is 17.7 Å². The smallest absolute Gasteiger partial charge is 0.226 e. The number of nitrogens with two attached hydrogens (primary N) is 1. The van der Waals surface area contributed by atoms with Crippen LogP contribution in [0.15, 0.2) is 24.3 Å². The molecule has 3 nitrogen and oxygen atoms in total. The van der Waals surface area contributed by atoms with E-state index in [2.05, 4.69) is 0 Å². The summed E-state index contributed by atoms with van der Waals surface area (Å²) in [5.74, 6) is 0.390. The van der Waals surface area contributed by atoms with Crippen LogP contribution in [-0.4, -0.2) is 23.4 Å². The lowest BCUT2D eigenvalue weighted by Crippen LogP contribution is -2.40. The number of hydrogen-bond donors (Lipinski definition) is 1. The summed E-state index contributed by atoms with van der Waals surface area (Å²) in [6.07, 6.45) is 5.25. The first-order valence-electron chi connectivity index (χ1n) is 7.94. The second kappa shape index (κ2) is 6.14. The zero-order valence-electron chi connectivity index (χ0n) is 12.3. The van der Waals surface area contributed by atoms with Crippen molar-refractivity contribution in [3.05, 3.63) is 35.6 Å². The Balaban J connectivity index is 1.74. The number of halogens is 1. The molecule has 0 aliphatic heterocycles. The molecule has 3 rings (SSSR count). The average Bonchev–Trinajstić information content (AvgIpc) is 3.20. The Labute approximate surface area is 125 Å². The first-order valence-corrected chi connectivity index (χ1v) is 7.94. The van der Waals surface area contributed by atoms with E-state index in [0.29, 0.717) is 25.0 Å². The molecule has 0 spiro atoms. The number of benzene rings is 1. The summed E-state index contributed by atoms with van der Waals surface area (Å²) in [4.78, 5) is 14.8. The number of hydrogen-bond acceptors (Lipinski definition) is 2. The third-order valence-electron chi connectivity index (χ3n) is 4.79. The standard InChI is InChI=1S/C17H23FN2O/c18-14-5-1-3-12(9-14)11-20(15-7-8-15)17(21)16-6-2-4-13(16)10-19/h1,3,5,9,13,15-16H,2,4,6-8,10-11,19H2/t13-,16-/m1/s1. The van der Waals surface area contributed by atoms with Crippen molar-refractivity contribution in [2.75, 3.05) is 6.54 Å². The molecule has 2 aliphatic carbocycles. The highest BCUT2D eigenvalue weighted by Crippen LogP contribution is 2.36. The third kappa shape index (κ3) is 3.26. The van der Waals surface area contributed by atoms with Gasteiger partial charge in [-0.3, -0.25) is 4.79 Å². The van der Waals surface area contributed by atoms with Crippen LogP contribution in [0.25, 0.3) is 0 Å². The predicted octanol–water partition coefficient (Wildman–Crippen LogP) is 2.69. The summed E-state index contributed by atoms with van der Waals surface area (Å²) in [5, 5.41) is 0. The highest BCUT2D eigenvalue weighted by atomic mass is 19.1. The van der Waals surface area contributed by atoms with E-state index in [-0.39, 0.29) is 17.6 Å². The van der Waals surface area contributed by atoms with E-state index in [0.717, 1.165) is 37.7 Å². The van der Waals surface area contributed by atoms with Crippen molar-refractivity contribution in [1.29, 1.82) is 0 Å². The van der Waals surface area contributed by atoms with Crippen molar-refractivity contribution in [2.45, 2.75) is 44.7 Å². The van der Waals surface area contributed by atoms with Crippen LogP contribution in [0.5, 0.6) is 0 Å². The zero-order valence-corrected chi connectivity index (χ0v) is 12.3. The monoisotopic (exact) mass is 290 g/mol. The molecule has 1 amide bonds. The average molecular weight is 290 g/mol. The lowest BCUT2D eigenvalue weighted by Gasteiger charge is -2.28. The Morgan fingerprint density at radius 3 is 2.76 bits per heavy atom. The van der Waals surface area contributed by atoms with Gasteiger partial charge >= 0.3 is 0 Å². The molecule has 114 valence electrons. The van der Waals surface area contributed by atoms with Gasteiger partial charge in [-0.15, -0.1) is 0 Å². The van der Waals surface area contributed by atoms with Crippen LogP contribution in [0.4, 0.5) is 4.39 Å². The lowest BCUT2D eigenvalue weighted by atomic mass is 9.94. The van der Waals surface area contributed by atoms with Gasteiger partial charge in [0, 0.05) is 18.5 Å². The Bertz CT molecular complexity index is 515. The molecule has 2 aliphatic rings. The van der Waals surface area contributed by atoms with Crippen molar-refractivity contribution in [3.63, 3.8) is 0 Å². The van der Waals surface area contributed by atoms with Gasteiger partial charge < -0.3 is 10.6 Å². The van der Waals surface area contributed by atoms with Gasteiger partial charge in [-0.1, -0.05) is 18.6 Å². The molecule has 1 aromatic rings. The summed E-state index contributed by atoms with van der Waals surface area (Å²) >= 11 is 0. The second-order valence-electron chi connectivity index (χ2n) is 6.36. The molecule has 2 N–H and O–H groups in total. The van der Waals surface area contributed by atoms with Gasteiger partial charge in [-0.2, -0.15) is 0 Å².